The van der Waals surface area contributed by atoms with Crippen LogP contribution < -0.4 is 0 Å². The average molecular weight is 481 g/mol. The van der Waals surface area contributed by atoms with Crippen molar-refractivity contribution in [2.24, 2.45) is 0 Å². The molecule has 2 aromatic heterocycles. The number of hydrogen-bond donors (Lipinski definition) is 0. The molecule has 1 unspecified atom stereocenters. The van der Waals surface area contributed by atoms with Gasteiger partial charge in [0, 0.05) is 37.6 Å². The molecule has 0 radical (unpaired) electrons. The van der Waals surface area contributed by atoms with E-state index in [0.29, 0.717) is 12.1 Å². The Labute approximate surface area is 214 Å². The molecule has 0 saturated carbocycles. The van der Waals surface area contributed by atoms with Gasteiger partial charge in [-0.1, -0.05) is 32.9 Å². The van der Waals surface area contributed by atoms with Gasteiger partial charge in [-0.15, -0.1) is 0 Å². The first-order valence-corrected chi connectivity index (χ1v) is 13.8. The van der Waals surface area contributed by atoms with E-state index in [9.17, 15) is 0 Å². The maximum absolute atomic E-state index is 5.15. The van der Waals surface area contributed by atoms with E-state index in [0.717, 1.165) is 51.5 Å². The highest BCUT2D eigenvalue weighted by molar-refractivity contribution is 5.42. The summed E-state index contributed by atoms with van der Waals surface area (Å²) in [7, 11) is 4.39. The van der Waals surface area contributed by atoms with E-state index in [1.165, 1.54) is 41.9 Å². The minimum absolute atomic E-state index is 0.393. The lowest BCUT2D eigenvalue weighted by molar-refractivity contribution is 0.164. The molecule has 35 heavy (non-hydrogen) atoms. The minimum Gasteiger partial charge on any atom is -0.315 e. The lowest BCUT2D eigenvalue weighted by Crippen LogP contribution is -2.33. The van der Waals surface area contributed by atoms with Crippen molar-refractivity contribution >= 4 is 6.08 Å². The quantitative estimate of drug-likeness (QED) is 0.472. The first kappa shape index (κ1) is 27.6. The van der Waals surface area contributed by atoms with Gasteiger partial charge in [0.05, 0.1) is 24.1 Å². The van der Waals surface area contributed by atoms with Gasteiger partial charge in [0.2, 0.25) is 0 Å². The van der Waals surface area contributed by atoms with E-state index in [-0.39, 0.29) is 0 Å². The fourth-order valence-electron chi connectivity index (χ4n) is 5.54. The third-order valence-electron chi connectivity index (χ3n) is 7.45. The molecule has 1 aliphatic carbocycles. The maximum atomic E-state index is 5.15. The number of rotatable bonds is 9. The molecule has 2 aromatic rings. The van der Waals surface area contributed by atoms with Crippen LogP contribution in [-0.2, 0) is 19.6 Å². The van der Waals surface area contributed by atoms with Gasteiger partial charge in [-0.05, 0) is 84.3 Å². The van der Waals surface area contributed by atoms with Gasteiger partial charge in [-0.3, -0.25) is 14.8 Å². The Kier molecular flexibility index (Phi) is 10.5. The van der Waals surface area contributed by atoms with Crippen molar-refractivity contribution in [3.63, 3.8) is 0 Å². The smallest absolute Gasteiger partial charge is 0.133 e. The minimum atomic E-state index is 0.393. The van der Waals surface area contributed by atoms with Crippen LogP contribution in [-0.4, -0.2) is 69.0 Å². The van der Waals surface area contributed by atoms with Gasteiger partial charge >= 0.3 is 0 Å². The Morgan fingerprint density at radius 2 is 2.00 bits per heavy atom. The van der Waals surface area contributed by atoms with E-state index < -0.39 is 0 Å². The van der Waals surface area contributed by atoms with Crippen LogP contribution >= 0.6 is 0 Å². The summed E-state index contributed by atoms with van der Waals surface area (Å²) in [5, 5.41) is 0. The molecule has 0 aromatic carbocycles. The largest absolute Gasteiger partial charge is 0.315 e. The summed E-state index contributed by atoms with van der Waals surface area (Å²) in [5.74, 6) is 1.08. The predicted molar refractivity (Wildman–Crippen MR) is 147 cm³/mol. The Morgan fingerprint density at radius 3 is 2.69 bits per heavy atom. The summed E-state index contributed by atoms with van der Waals surface area (Å²) in [6.45, 7) is 15.8. The molecular weight excluding hydrogens is 432 g/mol. The van der Waals surface area contributed by atoms with Crippen molar-refractivity contribution in [2.75, 3.05) is 33.7 Å². The van der Waals surface area contributed by atoms with Gasteiger partial charge in [-0.25, -0.2) is 4.98 Å². The van der Waals surface area contributed by atoms with Crippen molar-refractivity contribution < 1.29 is 0 Å². The summed E-state index contributed by atoms with van der Waals surface area (Å²) in [6.07, 6.45) is 12.2. The van der Waals surface area contributed by atoms with Crippen molar-refractivity contribution in [3.8, 4) is 0 Å². The standard InChI is InChI=1S/C27H42N6.C2H6/c1-6-10-26-29-24(21(3)33(26)20-31-17-14-23(18-31)30(4)5)19-32(16-7-2)25-13-8-11-22-12-9-15-28-27(22)25;1-2/h6,9-10,12,15,23,25H,7-8,11,13-14,16-20H2,1-5H3;1-2H3/b10-6-;/t23?,25-;/m0./s1. The molecule has 6 heteroatoms. The molecule has 0 N–H and O–H groups in total. The summed E-state index contributed by atoms with van der Waals surface area (Å²) < 4.78 is 2.42. The van der Waals surface area contributed by atoms with E-state index in [2.05, 4.69) is 78.4 Å². The van der Waals surface area contributed by atoms with Crippen LogP contribution in [0.1, 0.15) is 87.9 Å². The number of imidazole rings is 1. The number of nitrogens with zero attached hydrogens (tertiary/aromatic N) is 6. The summed E-state index contributed by atoms with van der Waals surface area (Å²) in [6, 6.07) is 5.39. The second kappa shape index (κ2) is 13.3. The first-order chi connectivity index (χ1) is 17.0. The van der Waals surface area contributed by atoms with Crippen LogP contribution in [0.2, 0.25) is 0 Å². The molecule has 2 aliphatic rings. The van der Waals surface area contributed by atoms with E-state index in [1.807, 2.05) is 20.0 Å². The summed E-state index contributed by atoms with van der Waals surface area (Å²) in [4.78, 5) is 17.5. The maximum Gasteiger partial charge on any atom is 0.133 e. The van der Waals surface area contributed by atoms with E-state index >= 15 is 0 Å². The van der Waals surface area contributed by atoms with Gasteiger partial charge < -0.3 is 9.47 Å². The fraction of sp³-hybridized carbons (Fsp3) is 0.655. The van der Waals surface area contributed by atoms with Crippen LogP contribution in [0.4, 0.5) is 0 Å². The highest BCUT2D eigenvalue weighted by Crippen LogP contribution is 2.34. The Hall–Kier alpha value is -2.02. The van der Waals surface area contributed by atoms with Crippen LogP contribution in [0, 0.1) is 6.92 Å². The van der Waals surface area contributed by atoms with Crippen LogP contribution in [0.3, 0.4) is 0 Å². The first-order valence-electron chi connectivity index (χ1n) is 13.8. The second-order valence-corrected chi connectivity index (χ2v) is 9.98. The lowest BCUT2D eigenvalue weighted by Gasteiger charge is -2.34. The number of likely N-dealkylation sites (tertiary alicyclic amines) is 1. The zero-order valence-corrected chi connectivity index (χ0v) is 23.3. The second-order valence-electron chi connectivity index (χ2n) is 9.98. The third kappa shape index (κ3) is 6.60. The molecule has 2 atom stereocenters. The molecule has 194 valence electrons. The molecule has 1 aliphatic heterocycles. The molecule has 0 amide bonds. The number of pyridine rings is 1. The monoisotopic (exact) mass is 480 g/mol. The van der Waals surface area contributed by atoms with Gasteiger partial charge in [0.1, 0.15) is 5.82 Å². The number of fused-ring (bicyclic) bond motifs is 1. The molecule has 1 fully saturated rings. The fourth-order valence-corrected chi connectivity index (χ4v) is 5.54. The average Bonchev–Trinajstić information content (AvgIpc) is 3.46. The number of aromatic nitrogens is 3. The number of likely N-dealkylation sites (N-methyl/N-ethyl adjacent to an activating group) is 1. The van der Waals surface area contributed by atoms with E-state index in [4.69, 9.17) is 9.97 Å². The van der Waals surface area contributed by atoms with Crippen molar-refractivity contribution in [2.45, 2.75) is 92.0 Å². The topological polar surface area (TPSA) is 40.4 Å². The van der Waals surface area contributed by atoms with Crippen molar-refractivity contribution in [1.82, 2.24) is 29.2 Å². The molecule has 6 nitrogen and oxygen atoms in total. The highest BCUT2D eigenvalue weighted by atomic mass is 15.3. The van der Waals surface area contributed by atoms with Crippen LogP contribution in [0.15, 0.2) is 24.4 Å². The zero-order valence-electron chi connectivity index (χ0n) is 23.3. The summed E-state index contributed by atoms with van der Waals surface area (Å²) in [5.41, 5.74) is 5.23. The van der Waals surface area contributed by atoms with Crippen molar-refractivity contribution in [1.29, 1.82) is 0 Å². The van der Waals surface area contributed by atoms with Crippen molar-refractivity contribution in [3.05, 3.63) is 52.9 Å². The number of aryl methyl sites for hydroxylation is 1. The Bertz CT molecular complexity index is 947. The van der Waals surface area contributed by atoms with E-state index in [1.54, 1.807) is 0 Å². The Balaban J connectivity index is 0.00000167. The molecular formula is C29H48N6. The molecule has 4 rings (SSSR count). The van der Waals surface area contributed by atoms with Gasteiger partial charge in [-0.2, -0.15) is 0 Å². The summed E-state index contributed by atoms with van der Waals surface area (Å²) >= 11 is 0. The Morgan fingerprint density at radius 1 is 1.20 bits per heavy atom. The SMILES string of the molecule is C/C=C\c1nc(CN(CCC)[C@H]2CCCc3cccnc32)c(C)n1CN1CCC(N(C)C)C1.CC. The molecule has 0 bridgehead atoms. The van der Waals surface area contributed by atoms with Crippen LogP contribution in [0.5, 0.6) is 0 Å². The van der Waals surface area contributed by atoms with Gasteiger partial charge in [0.15, 0.2) is 0 Å². The number of hydrogen-bond acceptors (Lipinski definition) is 5. The number of allylic oxidation sites excluding steroid dienone is 1. The zero-order chi connectivity index (χ0) is 25.4. The molecule has 0 spiro atoms. The highest BCUT2D eigenvalue weighted by Gasteiger charge is 2.29. The molecule has 1 saturated heterocycles. The normalized spacial score (nSPS) is 20.5. The third-order valence-corrected chi connectivity index (χ3v) is 7.45. The van der Waals surface area contributed by atoms with Crippen LogP contribution in [0.25, 0.3) is 6.08 Å². The van der Waals surface area contributed by atoms with Gasteiger partial charge in [0.25, 0.3) is 0 Å². The predicted octanol–water partition coefficient (Wildman–Crippen LogP) is 5.53. The lowest BCUT2D eigenvalue weighted by atomic mass is 9.90. The molecule has 3 heterocycles.